The van der Waals surface area contributed by atoms with Crippen LogP contribution in [0, 0.1) is 5.82 Å². The maximum absolute atomic E-state index is 13.2. The van der Waals surface area contributed by atoms with E-state index in [0.717, 1.165) is 0 Å². The van der Waals surface area contributed by atoms with Crippen LogP contribution in [0.3, 0.4) is 0 Å². The topological polar surface area (TPSA) is 76.5 Å². The van der Waals surface area contributed by atoms with Crippen molar-refractivity contribution in [1.82, 2.24) is 14.7 Å². The first-order valence-corrected chi connectivity index (χ1v) is 11.1. The van der Waals surface area contributed by atoms with Gasteiger partial charge in [0.1, 0.15) is 11.6 Å². The highest BCUT2D eigenvalue weighted by Gasteiger charge is 2.18. The zero-order valence-electron chi connectivity index (χ0n) is 18.8. The average Bonchev–Trinajstić information content (AvgIpc) is 3.24. The number of nitrogens with one attached hydrogen (secondary N) is 1. The lowest BCUT2D eigenvalue weighted by atomic mass is 10.1. The fourth-order valence-corrected chi connectivity index (χ4v) is 3.64. The molecule has 33 heavy (non-hydrogen) atoms. The molecule has 3 rings (SSSR count). The van der Waals surface area contributed by atoms with Gasteiger partial charge in [0.05, 0.1) is 28.2 Å². The molecule has 0 saturated carbocycles. The van der Waals surface area contributed by atoms with Gasteiger partial charge in [-0.2, -0.15) is 5.10 Å². The number of nitrogens with zero attached hydrogens (tertiary/aromatic N) is 3. The van der Waals surface area contributed by atoms with E-state index in [1.54, 1.807) is 39.9 Å². The summed E-state index contributed by atoms with van der Waals surface area (Å²) in [6, 6.07) is 10.7. The van der Waals surface area contributed by atoms with Gasteiger partial charge < -0.3 is 15.0 Å². The van der Waals surface area contributed by atoms with E-state index in [2.05, 4.69) is 10.4 Å². The summed E-state index contributed by atoms with van der Waals surface area (Å²) < 4.78 is 20.4. The highest BCUT2D eigenvalue weighted by molar-refractivity contribution is 6.32. The fraction of sp³-hybridized carbons (Fsp3) is 0.292. The predicted molar refractivity (Wildman–Crippen MR) is 126 cm³/mol. The molecule has 7 nitrogen and oxygen atoms in total. The summed E-state index contributed by atoms with van der Waals surface area (Å²) in [7, 11) is 0. The standard InChI is InChI=1S/C24H26ClFN4O3/c1-4-21-19(14-27-30(21)18-10-7-16(26)8-11-18)24(32)28-17-9-12-22(20(25)13-17)33-15-23(31)29(5-2)6-3/h7-14H,4-6,15H2,1-3H3,(H,28,32). The number of benzene rings is 2. The molecule has 0 fully saturated rings. The normalized spacial score (nSPS) is 10.7. The van der Waals surface area contributed by atoms with Crippen LogP contribution in [0.1, 0.15) is 36.8 Å². The number of rotatable bonds is 9. The van der Waals surface area contributed by atoms with Crippen molar-refractivity contribution in [3.8, 4) is 11.4 Å². The van der Waals surface area contributed by atoms with Crippen molar-refractivity contribution in [3.63, 3.8) is 0 Å². The smallest absolute Gasteiger partial charge is 0.260 e. The third-order valence-electron chi connectivity index (χ3n) is 5.18. The van der Waals surface area contributed by atoms with E-state index in [1.807, 2.05) is 20.8 Å². The van der Waals surface area contributed by atoms with E-state index < -0.39 is 0 Å². The van der Waals surface area contributed by atoms with Gasteiger partial charge in [-0.3, -0.25) is 9.59 Å². The van der Waals surface area contributed by atoms with Gasteiger partial charge in [0.15, 0.2) is 6.61 Å². The van der Waals surface area contributed by atoms with Gasteiger partial charge in [0.25, 0.3) is 11.8 Å². The van der Waals surface area contributed by atoms with Crippen LogP contribution in [0.5, 0.6) is 5.75 Å². The molecule has 174 valence electrons. The fourth-order valence-electron chi connectivity index (χ4n) is 3.41. The zero-order valence-corrected chi connectivity index (χ0v) is 19.5. The molecule has 1 heterocycles. The number of aromatic nitrogens is 2. The van der Waals surface area contributed by atoms with E-state index >= 15 is 0 Å². The number of ether oxygens (including phenoxy) is 1. The average molecular weight is 473 g/mol. The molecule has 0 aliphatic carbocycles. The van der Waals surface area contributed by atoms with E-state index in [-0.39, 0.29) is 29.3 Å². The van der Waals surface area contributed by atoms with Crippen molar-refractivity contribution in [1.29, 1.82) is 0 Å². The highest BCUT2D eigenvalue weighted by Crippen LogP contribution is 2.28. The van der Waals surface area contributed by atoms with Crippen molar-refractivity contribution in [2.45, 2.75) is 27.2 Å². The third-order valence-corrected chi connectivity index (χ3v) is 5.47. The molecule has 2 amide bonds. The lowest BCUT2D eigenvalue weighted by molar-refractivity contribution is -0.132. The number of carbonyl (C=O) groups excluding carboxylic acids is 2. The second-order valence-corrected chi connectivity index (χ2v) is 7.61. The van der Waals surface area contributed by atoms with Gasteiger partial charge >= 0.3 is 0 Å². The first-order chi connectivity index (χ1) is 15.9. The minimum Gasteiger partial charge on any atom is -0.482 e. The largest absolute Gasteiger partial charge is 0.482 e. The maximum Gasteiger partial charge on any atom is 0.260 e. The van der Waals surface area contributed by atoms with Crippen LogP contribution >= 0.6 is 11.6 Å². The summed E-state index contributed by atoms with van der Waals surface area (Å²) in [5.74, 6) is -0.461. The van der Waals surface area contributed by atoms with Crippen molar-refractivity contribution >= 4 is 29.1 Å². The molecular weight excluding hydrogens is 447 g/mol. The maximum atomic E-state index is 13.2. The first kappa shape index (κ1) is 24.3. The van der Waals surface area contributed by atoms with Gasteiger partial charge in [-0.1, -0.05) is 18.5 Å². The third kappa shape index (κ3) is 5.70. The molecule has 3 aromatic rings. The predicted octanol–water partition coefficient (Wildman–Crippen LogP) is 4.73. The van der Waals surface area contributed by atoms with Crippen LogP contribution < -0.4 is 10.1 Å². The van der Waals surface area contributed by atoms with Crippen molar-refractivity contribution in [3.05, 3.63) is 70.8 Å². The number of likely N-dealkylation sites (N-methyl/N-ethyl adjacent to an activating group) is 1. The summed E-state index contributed by atoms with van der Waals surface area (Å²) >= 11 is 6.30. The summed E-state index contributed by atoms with van der Waals surface area (Å²) in [6.07, 6.45) is 2.03. The zero-order chi connectivity index (χ0) is 24.0. The summed E-state index contributed by atoms with van der Waals surface area (Å²) in [5.41, 5.74) is 2.24. The SMILES string of the molecule is CCc1c(C(=O)Nc2ccc(OCC(=O)N(CC)CC)c(Cl)c2)cnn1-c1ccc(F)cc1. The van der Waals surface area contributed by atoms with Crippen LogP contribution in [-0.2, 0) is 11.2 Å². The van der Waals surface area contributed by atoms with Gasteiger partial charge in [-0.25, -0.2) is 9.07 Å². The molecule has 1 aromatic heterocycles. The Bertz CT molecular complexity index is 1130. The molecule has 1 N–H and O–H groups in total. The molecule has 0 spiro atoms. The second-order valence-electron chi connectivity index (χ2n) is 7.20. The van der Waals surface area contributed by atoms with Crippen LogP contribution in [-0.4, -0.2) is 46.2 Å². The van der Waals surface area contributed by atoms with Crippen LogP contribution in [0.25, 0.3) is 5.69 Å². The van der Waals surface area contributed by atoms with Crippen LogP contribution in [0.4, 0.5) is 10.1 Å². The van der Waals surface area contributed by atoms with Crippen molar-refractivity contribution < 1.29 is 18.7 Å². The van der Waals surface area contributed by atoms with E-state index in [0.29, 0.717) is 47.9 Å². The quantitative estimate of drug-likeness (QED) is 0.488. The summed E-state index contributed by atoms with van der Waals surface area (Å²) in [4.78, 5) is 26.7. The Hall–Kier alpha value is -3.39. The molecule has 0 saturated heterocycles. The molecule has 0 aliphatic rings. The van der Waals surface area contributed by atoms with Gasteiger partial charge in [0.2, 0.25) is 0 Å². The minimum atomic E-state index is -0.346. The molecular formula is C24H26ClFN4O3. The van der Waals surface area contributed by atoms with E-state index in [9.17, 15) is 14.0 Å². The summed E-state index contributed by atoms with van der Waals surface area (Å²) in [5, 5.41) is 7.39. The number of hydrogen-bond donors (Lipinski definition) is 1. The van der Waals surface area contributed by atoms with Crippen molar-refractivity contribution in [2.75, 3.05) is 25.0 Å². The lowest BCUT2D eigenvalue weighted by Crippen LogP contribution is -2.34. The van der Waals surface area contributed by atoms with Crippen LogP contribution in [0.15, 0.2) is 48.7 Å². The Morgan fingerprint density at radius 1 is 1.12 bits per heavy atom. The molecule has 2 aromatic carbocycles. The molecule has 0 unspecified atom stereocenters. The number of amides is 2. The summed E-state index contributed by atoms with van der Waals surface area (Å²) in [6.45, 7) is 6.81. The van der Waals surface area contributed by atoms with Crippen molar-refractivity contribution in [2.24, 2.45) is 0 Å². The van der Waals surface area contributed by atoms with Crippen LogP contribution in [0.2, 0.25) is 5.02 Å². The van der Waals surface area contributed by atoms with E-state index in [4.69, 9.17) is 16.3 Å². The second kappa shape index (κ2) is 11.0. The Morgan fingerprint density at radius 3 is 2.42 bits per heavy atom. The lowest BCUT2D eigenvalue weighted by Gasteiger charge is -2.19. The van der Waals surface area contributed by atoms with Gasteiger partial charge in [0, 0.05) is 18.8 Å². The highest BCUT2D eigenvalue weighted by atomic mass is 35.5. The number of carbonyl (C=O) groups is 2. The van der Waals surface area contributed by atoms with Gasteiger partial charge in [-0.05, 0) is 62.7 Å². The number of hydrogen-bond acceptors (Lipinski definition) is 4. The Kier molecular flexibility index (Phi) is 8.06. The monoisotopic (exact) mass is 472 g/mol. The molecule has 0 bridgehead atoms. The Balaban J connectivity index is 1.71. The molecule has 9 heteroatoms. The number of anilines is 1. The molecule has 0 radical (unpaired) electrons. The van der Waals surface area contributed by atoms with Gasteiger partial charge in [-0.15, -0.1) is 0 Å². The minimum absolute atomic E-state index is 0.116. The van der Waals surface area contributed by atoms with E-state index in [1.165, 1.54) is 18.3 Å². The Morgan fingerprint density at radius 2 is 1.82 bits per heavy atom. The number of halogens is 2. The first-order valence-electron chi connectivity index (χ1n) is 10.7. The molecule has 0 atom stereocenters. The Labute approximate surface area is 197 Å². The molecule has 0 aliphatic heterocycles.